The number of fused-ring (bicyclic) bond motifs is 1. The molecule has 0 aliphatic rings. The van der Waals surface area contributed by atoms with Crippen molar-refractivity contribution in [2.24, 2.45) is 0 Å². The highest BCUT2D eigenvalue weighted by atomic mass is 32.2. The summed E-state index contributed by atoms with van der Waals surface area (Å²) in [6, 6.07) is 11.9. The number of nitrogens with zero attached hydrogens (tertiary/aromatic N) is 1. The zero-order chi connectivity index (χ0) is 27.6. The summed E-state index contributed by atoms with van der Waals surface area (Å²) in [4.78, 5) is 16.0. The van der Waals surface area contributed by atoms with Gasteiger partial charge in [0.2, 0.25) is 15.9 Å². The molecule has 0 saturated heterocycles. The molecule has 2 aromatic carbocycles. The van der Waals surface area contributed by atoms with Gasteiger partial charge in [0.25, 0.3) is 0 Å². The molecule has 3 aromatic rings. The third-order valence-electron chi connectivity index (χ3n) is 5.88. The van der Waals surface area contributed by atoms with Gasteiger partial charge in [0.15, 0.2) is 5.78 Å². The fourth-order valence-electron chi connectivity index (χ4n) is 3.70. The topological polar surface area (TPSA) is 101 Å². The normalized spacial score (nSPS) is 12.7. The van der Waals surface area contributed by atoms with Crippen LogP contribution in [0.1, 0.15) is 63.9 Å². The van der Waals surface area contributed by atoms with Crippen molar-refractivity contribution in [1.82, 2.24) is 4.90 Å². The molecule has 0 aliphatic carbocycles. The van der Waals surface area contributed by atoms with Crippen LogP contribution in [0.2, 0.25) is 0 Å². The summed E-state index contributed by atoms with van der Waals surface area (Å²) < 4.78 is 37.8. The summed E-state index contributed by atoms with van der Waals surface area (Å²) in [5.74, 6) is 0.798. The molecular formula is C28H39N3O5S. The Bertz CT molecular complexity index is 1350. The average molecular weight is 530 g/mol. The molecule has 0 bridgehead atoms. The third kappa shape index (κ3) is 7.97. The van der Waals surface area contributed by atoms with Crippen LogP contribution in [-0.2, 0) is 10.0 Å². The van der Waals surface area contributed by atoms with E-state index in [0.29, 0.717) is 46.0 Å². The second-order valence-corrected chi connectivity index (χ2v) is 13.2. The van der Waals surface area contributed by atoms with Crippen molar-refractivity contribution in [2.75, 3.05) is 36.5 Å². The van der Waals surface area contributed by atoms with Crippen LogP contribution >= 0.6 is 0 Å². The first kappa shape index (κ1) is 28.5. The molecule has 37 heavy (non-hydrogen) atoms. The molecule has 8 nitrogen and oxygen atoms in total. The predicted octanol–water partition coefficient (Wildman–Crippen LogP) is 5.74. The maximum Gasteiger partial charge on any atom is 0.229 e. The number of nitrogens with one attached hydrogen (secondary N) is 2. The van der Waals surface area contributed by atoms with Gasteiger partial charge in [-0.05, 0) is 97.5 Å². The Morgan fingerprint density at radius 1 is 1.03 bits per heavy atom. The minimum atomic E-state index is -3.48. The van der Waals surface area contributed by atoms with Gasteiger partial charge in [-0.1, -0.05) is 0 Å². The van der Waals surface area contributed by atoms with E-state index in [4.69, 9.17) is 9.15 Å². The molecule has 3 rings (SSSR count). The zero-order valence-electron chi connectivity index (χ0n) is 23.1. The smallest absolute Gasteiger partial charge is 0.229 e. The summed E-state index contributed by atoms with van der Waals surface area (Å²) in [6.07, 6.45) is 1.97. The number of ether oxygens (including phenoxy) is 1. The maximum atomic E-state index is 13.7. The molecule has 0 unspecified atom stereocenters. The molecule has 0 spiro atoms. The second kappa shape index (κ2) is 10.8. The van der Waals surface area contributed by atoms with Crippen molar-refractivity contribution in [3.8, 4) is 5.75 Å². The van der Waals surface area contributed by atoms with Crippen LogP contribution in [0.15, 0.2) is 46.9 Å². The number of carbonyl (C=O) groups excluding carboxylic acids is 1. The minimum absolute atomic E-state index is 0.113. The highest BCUT2D eigenvalue weighted by Gasteiger charge is 2.25. The van der Waals surface area contributed by atoms with Crippen LogP contribution in [0, 0.1) is 0 Å². The van der Waals surface area contributed by atoms with Crippen molar-refractivity contribution >= 4 is 38.3 Å². The van der Waals surface area contributed by atoms with E-state index in [0.717, 1.165) is 19.2 Å². The molecule has 1 heterocycles. The Hall–Kier alpha value is -3.04. The highest BCUT2D eigenvalue weighted by Crippen LogP contribution is 2.35. The van der Waals surface area contributed by atoms with Crippen LogP contribution in [0.5, 0.6) is 5.75 Å². The van der Waals surface area contributed by atoms with Crippen molar-refractivity contribution in [3.05, 3.63) is 53.6 Å². The number of ketones is 1. The van der Waals surface area contributed by atoms with Crippen molar-refractivity contribution < 1.29 is 22.4 Å². The van der Waals surface area contributed by atoms with E-state index in [1.165, 1.54) is 0 Å². The molecule has 0 fully saturated rings. The third-order valence-corrected chi connectivity index (χ3v) is 6.48. The number of carbonyl (C=O) groups is 1. The fourth-order valence-corrected chi connectivity index (χ4v) is 4.26. The van der Waals surface area contributed by atoms with Gasteiger partial charge in [-0.3, -0.25) is 9.52 Å². The maximum absolute atomic E-state index is 13.7. The fraction of sp³-hybridized carbons (Fsp3) is 0.464. The summed E-state index contributed by atoms with van der Waals surface area (Å²) in [5, 5.41) is 3.79. The molecular weight excluding hydrogens is 490 g/mol. The minimum Gasteiger partial charge on any atom is -0.494 e. The number of furan rings is 1. The first-order valence-electron chi connectivity index (χ1n) is 12.3. The number of rotatable bonds is 10. The van der Waals surface area contributed by atoms with Crippen molar-refractivity contribution in [3.63, 3.8) is 0 Å². The molecule has 0 radical (unpaired) electrons. The number of hydrogen-bond donors (Lipinski definition) is 2. The number of hydrogen-bond acceptors (Lipinski definition) is 7. The molecule has 202 valence electrons. The van der Waals surface area contributed by atoms with E-state index in [1.807, 2.05) is 20.8 Å². The van der Waals surface area contributed by atoms with Gasteiger partial charge in [-0.15, -0.1) is 0 Å². The Morgan fingerprint density at radius 2 is 1.68 bits per heavy atom. The van der Waals surface area contributed by atoms with Gasteiger partial charge in [-0.25, -0.2) is 8.42 Å². The van der Waals surface area contributed by atoms with Gasteiger partial charge in [0.05, 0.1) is 18.4 Å². The number of sulfonamides is 1. The summed E-state index contributed by atoms with van der Waals surface area (Å²) in [6.45, 7) is 13.9. The molecule has 2 N–H and O–H groups in total. The van der Waals surface area contributed by atoms with Crippen LogP contribution in [-0.4, -0.2) is 56.6 Å². The highest BCUT2D eigenvalue weighted by molar-refractivity contribution is 7.92. The lowest BCUT2D eigenvalue weighted by molar-refractivity contribution is 0.104. The summed E-state index contributed by atoms with van der Waals surface area (Å²) in [7, 11) is -1.38. The molecule has 1 aromatic heterocycles. The van der Waals surface area contributed by atoms with Gasteiger partial charge in [0, 0.05) is 34.3 Å². The molecule has 0 atom stereocenters. The van der Waals surface area contributed by atoms with Crippen molar-refractivity contribution in [1.29, 1.82) is 0 Å². The van der Waals surface area contributed by atoms with Gasteiger partial charge in [-0.2, -0.15) is 0 Å². The van der Waals surface area contributed by atoms with Crippen molar-refractivity contribution in [2.45, 2.75) is 59.0 Å². The molecule has 0 amide bonds. The van der Waals surface area contributed by atoms with E-state index >= 15 is 0 Å². The SMILES string of the molecule is CN(CCCOc1ccc(C(=O)c2c(NC(C)(C)C)oc3ccc(NS(C)(=O)=O)cc23)cc1)C(C)(C)C. The second-order valence-electron chi connectivity index (χ2n) is 11.4. The largest absolute Gasteiger partial charge is 0.494 e. The van der Waals surface area contributed by atoms with E-state index in [2.05, 4.69) is 42.8 Å². The lowest BCUT2D eigenvalue weighted by Crippen LogP contribution is -2.39. The lowest BCUT2D eigenvalue weighted by Gasteiger charge is -2.31. The van der Waals surface area contributed by atoms with Crippen LogP contribution < -0.4 is 14.8 Å². The van der Waals surface area contributed by atoms with E-state index in [1.54, 1.807) is 42.5 Å². The van der Waals surface area contributed by atoms with Crippen LogP contribution in [0.25, 0.3) is 11.0 Å². The van der Waals surface area contributed by atoms with Gasteiger partial charge in [0.1, 0.15) is 11.3 Å². The Labute approximate surface area is 220 Å². The Morgan fingerprint density at radius 3 is 2.24 bits per heavy atom. The quantitative estimate of drug-likeness (QED) is 0.255. The standard InChI is InChI=1S/C28H39N3O5S/c1-27(2,3)29-26-24(22-18-20(30-37(8,33)34)12-15-23(22)36-26)25(32)19-10-13-21(14-11-19)35-17-9-16-31(7)28(4,5)6/h10-15,18,29-30H,9,16-17H2,1-8H3. The summed E-state index contributed by atoms with van der Waals surface area (Å²) >= 11 is 0. The molecule has 0 saturated carbocycles. The predicted molar refractivity (Wildman–Crippen MR) is 150 cm³/mol. The first-order chi connectivity index (χ1) is 17.0. The monoisotopic (exact) mass is 529 g/mol. The summed E-state index contributed by atoms with van der Waals surface area (Å²) in [5.41, 5.74) is 1.40. The lowest BCUT2D eigenvalue weighted by atomic mass is 10.0. The molecule has 0 aliphatic heterocycles. The number of anilines is 2. The van der Waals surface area contributed by atoms with E-state index < -0.39 is 10.0 Å². The number of benzene rings is 2. The average Bonchev–Trinajstić information content (AvgIpc) is 3.10. The first-order valence-corrected chi connectivity index (χ1v) is 14.2. The molecule has 9 heteroatoms. The van der Waals surface area contributed by atoms with Gasteiger partial charge >= 0.3 is 0 Å². The van der Waals surface area contributed by atoms with E-state index in [-0.39, 0.29) is 16.9 Å². The van der Waals surface area contributed by atoms with E-state index in [9.17, 15) is 13.2 Å². The van der Waals surface area contributed by atoms with Crippen LogP contribution in [0.3, 0.4) is 0 Å². The van der Waals surface area contributed by atoms with Crippen LogP contribution in [0.4, 0.5) is 11.6 Å². The Kier molecular flexibility index (Phi) is 8.29. The van der Waals surface area contributed by atoms with Gasteiger partial charge < -0.3 is 19.4 Å². The Balaban J connectivity index is 1.84. The zero-order valence-corrected chi connectivity index (χ0v) is 23.9.